The Morgan fingerprint density at radius 1 is 1.40 bits per heavy atom. The molecule has 1 N–H and O–H groups in total. The fraction of sp³-hybridized carbons (Fsp3) is 0.100. The fourth-order valence-electron chi connectivity index (χ4n) is 1.38. The molecule has 0 atom stereocenters. The number of nitrogens with one attached hydrogen (secondary N) is 1. The monoisotopic (exact) mass is 204 g/mol. The first-order valence-electron chi connectivity index (χ1n) is 4.29. The number of rotatable bonds is 2. The molecule has 5 nitrogen and oxygen atoms in total. The Labute approximate surface area is 84.7 Å². The molecular weight excluding hydrogens is 196 g/mol. The molecule has 15 heavy (non-hydrogen) atoms. The van der Waals surface area contributed by atoms with Gasteiger partial charge >= 0.3 is 0 Å². The molecule has 0 saturated carbocycles. The number of H-pyrrole nitrogens is 1. The normalized spacial score (nSPS) is 10.2. The Balaban J connectivity index is 2.83. The third-order valence-electron chi connectivity index (χ3n) is 2.17. The predicted molar refractivity (Wildman–Crippen MR) is 56.6 cm³/mol. The Kier molecular flexibility index (Phi) is 2.21. The zero-order valence-electron chi connectivity index (χ0n) is 7.98. The van der Waals surface area contributed by atoms with Crippen molar-refractivity contribution in [3.63, 3.8) is 0 Å². The first-order valence-corrected chi connectivity index (χ1v) is 4.29. The van der Waals surface area contributed by atoms with E-state index in [0.29, 0.717) is 16.7 Å². The summed E-state index contributed by atoms with van der Waals surface area (Å²) < 4.78 is 4.99. The smallest absolute Gasteiger partial charge is 0.218 e. The van der Waals surface area contributed by atoms with Gasteiger partial charge in [-0.15, -0.1) is 4.91 Å². The van der Waals surface area contributed by atoms with Gasteiger partial charge in [-0.25, -0.2) is 0 Å². The van der Waals surface area contributed by atoms with E-state index in [2.05, 4.69) is 10.2 Å². The number of hydrogen-bond donors (Lipinski definition) is 1. The van der Waals surface area contributed by atoms with E-state index in [1.165, 1.54) is 13.3 Å². The van der Waals surface area contributed by atoms with Crippen LogP contribution in [0.15, 0.2) is 34.4 Å². The van der Waals surface area contributed by atoms with E-state index >= 15 is 0 Å². The van der Waals surface area contributed by atoms with E-state index in [1.54, 1.807) is 18.2 Å². The number of methoxy groups -OCH3 is 1. The van der Waals surface area contributed by atoms with Crippen molar-refractivity contribution in [3.8, 4) is 5.75 Å². The lowest BCUT2D eigenvalue weighted by Gasteiger charge is -2.01. The summed E-state index contributed by atoms with van der Waals surface area (Å²) >= 11 is 0. The molecule has 0 spiro atoms. The highest BCUT2D eigenvalue weighted by molar-refractivity contribution is 5.82. The van der Waals surface area contributed by atoms with Crippen LogP contribution in [0.1, 0.15) is 0 Å². The molecule has 76 valence electrons. The first-order chi connectivity index (χ1) is 7.26. The highest BCUT2D eigenvalue weighted by Gasteiger charge is 2.05. The van der Waals surface area contributed by atoms with Crippen LogP contribution < -0.4 is 10.2 Å². The maximum atomic E-state index is 11.7. The Hall–Kier alpha value is -2.17. The van der Waals surface area contributed by atoms with Crippen LogP contribution in [0.4, 0.5) is 5.69 Å². The maximum Gasteiger partial charge on any atom is 0.218 e. The summed E-state index contributed by atoms with van der Waals surface area (Å²) in [5.74, 6) is 0.566. The molecule has 0 amide bonds. The van der Waals surface area contributed by atoms with Crippen molar-refractivity contribution in [1.82, 2.24) is 4.98 Å². The maximum absolute atomic E-state index is 11.7. The molecule has 1 aromatic carbocycles. The van der Waals surface area contributed by atoms with Crippen molar-refractivity contribution in [2.75, 3.05) is 7.11 Å². The van der Waals surface area contributed by atoms with E-state index in [0.717, 1.165) is 0 Å². The number of ether oxygens (including phenoxy) is 1. The average Bonchev–Trinajstić information content (AvgIpc) is 2.29. The molecule has 1 heterocycles. The predicted octanol–water partition coefficient (Wildman–Crippen LogP) is 1.93. The van der Waals surface area contributed by atoms with E-state index < -0.39 is 5.43 Å². The number of fused-ring (bicyclic) bond motifs is 1. The van der Waals surface area contributed by atoms with Crippen LogP contribution in [0.5, 0.6) is 5.75 Å². The number of nitrogens with zero attached hydrogens (tertiary/aromatic N) is 1. The number of benzene rings is 1. The number of pyridine rings is 1. The summed E-state index contributed by atoms with van der Waals surface area (Å²) in [6, 6.07) is 5.01. The van der Waals surface area contributed by atoms with Crippen molar-refractivity contribution < 1.29 is 4.74 Å². The summed E-state index contributed by atoms with van der Waals surface area (Å²) in [5.41, 5.74) is 0.126. The van der Waals surface area contributed by atoms with Gasteiger partial charge in [0.25, 0.3) is 0 Å². The molecule has 0 saturated heterocycles. The number of aromatic amines is 1. The fourth-order valence-corrected chi connectivity index (χ4v) is 1.38. The van der Waals surface area contributed by atoms with Crippen LogP contribution in [-0.4, -0.2) is 12.1 Å². The van der Waals surface area contributed by atoms with Gasteiger partial charge in [0.05, 0.1) is 12.5 Å². The molecular formula is C10H8N2O3. The van der Waals surface area contributed by atoms with Crippen molar-refractivity contribution in [1.29, 1.82) is 0 Å². The van der Waals surface area contributed by atoms with Gasteiger partial charge < -0.3 is 9.72 Å². The van der Waals surface area contributed by atoms with E-state index in [9.17, 15) is 9.70 Å². The third-order valence-corrected chi connectivity index (χ3v) is 2.17. The molecule has 0 unspecified atom stereocenters. The SMILES string of the molecule is COc1ccc2[nH]cc(N=O)c(=O)c2c1. The average molecular weight is 204 g/mol. The van der Waals surface area contributed by atoms with Crippen LogP contribution in [0, 0.1) is 4.91 Å². The molecule has 0 aliphatic heterocycles. The van der Waals surface area contributed by atoms with Gasteiger partial charge in [-0.05, 0) is 23.4 Å². The minimum Gasteiger partial charge on any atom is -0.497 e. The zero-order valence-corrected chi connectivity index (χ0v) is 7.98. The number of aromatic nitrogens is 1. The van der Waals surface area contributed by atoms with Gasteiger partial charge in [0.15, 0.2) is 5.69 Å². The summed E-state index contributed by atoms with van der Waals surface area (Å²) in [6.45, 7) is 0. The van der Waals surface area contributed by atoms with Gasteiger partial charge in [-0.2, -0.15) is 0 Å². The molecule has 2 rings (SSSR count). The Morgan fingerprint density at radius 3 is 2.87 bits per heavy atom. The zero-order chi connectivity index (χ0) is 10.8. The molecule has 2 aromatic rings. The lowest BCUT2D eigenvalue weighted by Crippen LogP contribution is -2.02. The van der Waals surface area contributed by atoms with E-state index in [1.807, 2.05) is 0 Å². The van der Waals surface area contributed by atoms with Crippen LogP contribution in [-0.2, 0) is 0 Å². The molecule has 5 heteroatoms. The summed E-state index contributed by atoms with van der Waals surface area (Å²) in [5, 5.41) is 3.04. The first kappa shape index (κ1) is 9.39. The van der Waals surface area contributed by atoms with Crippen LogP contribution >= 0.6 is 0 Å². The van der Waals surface area contributed by atoms with Gasteiger partial charge in [0.1, 0.15) is 5.75 Å². The van der Waals surface area contributed by atoms with Crippen molar-refractivity contribution in [2.45, 2.75) is 0 Å². The van der Waals surface area contributed by atoms with E-state index in [4.69, 9.17) is 4.74 Å². The molecule has 0 aliphatic rings. The third kappa shape index (κ3) is 1.48. The number of nitroso groups, excluding NO2 is 1. The second-order valence-electron chi connectivity index (χ2n) is 3.01. The van der Waals surface area contributed by atoms with Gasteiger partial charge in [-0.3, -0.25) is 4.79 Å². The second kappa shape index (κ2) is 3.53. The van der Waals surface area contributed by atoms with Crippen molar-refractivity contribution >= 4 is 16.6 Å². The minimum absolute atomic E-state index is 0.129. The van der Waals surface area contributed by atoms with Gasteiger partial charge in [0, 0.05) is 11.7 Å². The largest absolute Gasteiger partial charge is 0.497 e. The molecule has 0 bridgehead atoms. The summed E-state index contributed by atoms with van der Waals surface area (Å²) in [6.07, 6.45) is 1.30. The molecule has 0 aliphatic carbocycles. The highest BCUT2D eigenvalue weighted by Crippen LogP contribution is 2.18. The molecule has 0 radical (unpaired) electrons. The lowest BCUT2D eigenvalue weighted by molar-refractivity contribution is 0.415. The molecule has 1 aromatic heterocycles. The quantitative estimate of drug-likeness (QED) is 0.759. The highest BCUT2D eigenvalue weighted by atomic mass is 16.5. The van der Waals surface area contributed by atoms with Crippen molar-refractivity contribution in [3.05, 3.63) is 39.5 Å². The second-order valence-corrected chi connectivity index (χ2v) is 3.01. The van der Waals surface area contributed by atoms with Gasteiger partial charge in [0.2, 0.25) is 5.43 Å². The van der Waals surface area contributed by atoms with E-state index in [-0.39, 0.29) is 5.69 Å². The van der Waals surface area contributed by atoms with Crippen molar-refractivity contribution in [2.24, 2.45) is 5.18 Å². The van der Waals surface area contributed by atoms with Crippen LogP contribution in [0.3, 0.4) is 0 Å². The number of hydrogen-bond acceptors (Lipinski definition) is 4. The minimum atomic E-state index is -0.391. The summed E-state index contributed by atoms with van der Waals surface area (Å²) in [4.78, 5) is 24.8. The molecule has 0 fully saturated rings. The Bertz CT molecular complexity index is 574. The summed E-state index contributed by atoms with van der Waals surface area (Å²) in [7, 11) is 1.51. The standard InChI is InChI=1S/C10H8N2O3/c1-15-6-2-3-8-7(4-6)10(13)9(12-14)5-11-8/h2-5H,1H3,(H,11,13). The Morgan fingerprint density at radius 2 is 2.20 bits per heavy atom. The van der Waals surface area contributed by atoms with Gasteiger partial charge in [-0.1, -0.05) is 0 Å². The van der Waals surface area contributed by atoms with Crippen LogP contribution in [0.25, 0.3) is 10.9 Å². The lowest BCUT2D eigenvalue weighted by atomic mass is 10.2. The topological polar surface area (TPSA) is 71.5 Å². The van der Waals surface area contributed by atoms with Crippen LogP contribution in [0.2, 0.25) is 0 Å².